The van der Waals surface area contributed by atoms with Crippen molar-refractivity contribution in [3.63, 3.8) is 0 Å². The summed E-state index contributed by atoms with van der Waals surface area (Å²) in [4.78, 5) is 12.8. The Balaban J connectivity index is 2.42. The Morgan fingerprint density at radius 3 is 2.56 bits per heavy atom. The number of carbonyl (C=O) groups is 1. The van der Waals surface area contributed by atoms with Crippen LogP contribution < -0.4 is 0 Å². The van der Waals surface area contributed by atoms with Crippen molar-refractivity contribution in [2.24, 2.45) is 22.7 Å². The lowest BCUT2D eigenvalue weighted by Crippen LogP contribution is -2.52. The number of hydrogen-bond acceptors (Lipinski definition) is 1. The fraction of sp³-hybridized carbons (Fsp3) is 0.800. The minimum absolute atomic E-state index is 0.0590. The van der Waals surface area contributed by atoms with E-state index in [1.165, 1.54) is 6.42 Å². The van der Waals surface area contributed by atoms with Crippen LogP contribution in [-0.4, -0.2) is 5.78 Å². The average molecular weight is 220 g/mol. The Kier molecular flexibility index (Phi) is 2.76. The van der Waals surface area contributed by atoms with Crippen LogP contribution >= 0.6 is 0 Å². The van der Waals surface area contributed by atoms with Gasteiger partial charge in [-0.25, -0.2) is 0 Å². The van der Waals surface area contributed by atoms with Gasteiger partial charge in [-0.05, 0) is 31.1 Å². The van der Waals surface area contributed by atoms with E-state index in [0.717, 1.165) is 19.3 Å². The molecule has 3 unspecified atom stereocenters. The summed E-state index contributed by atoms with van der Waals surface area (Å²) in [5.41, 5.74) is -0.164. The van der Waals surface area contributed by atoms with Gasteiger partial charge < -0.3 is 0 Å². The molecular formula is C15H24O. The van der Waals surface area contributed by atoms with E-state index in [1.807, 2.05) is 0 Å². The maximum Gasteiger partial charge on any atom is 0.145 e. The van der Waals surface area contributed by atoms with Crippen LogP contribution in [-0.2, 0) is 4.79 Å². The summed E-state index contributed by atoms with van der Waals surface area (Å²) in [7, 11) is 0. The highest BCUT2D eigenvalue weighted by Gasteiger charge is 2.54. The standard InChI is InChI=1S/C15H24O/c1-11-7-5-8-12(2)15(11)10-6-9-14(3,4)13(15)16/h5,7,11-12H,6,8-10H2,1-4H3. The van der Waals surface area contributed by atoms with Crippen molar-refractivity contribution in [1.29, 1.82) is 0 Å². The Labute approximate surface area is 99.3 Å². The van der Waals surface area contributed by atoms with Crippen molar-refractivity contribution in [2.75, 3.05) is 0 Å². The lowest BCUT2D eigenvalue weighted by molar-refractivity contribution is -0.149. The Morgan fingerprint density at radius 2 is 1.94 bits per heavy atom. The molecule has 0 saturated heterocycles. The molecule has 1 fully saturated rings. The number of carbonyl (C=O) groups excluding carboxylic acids is 1. The number of ketones is 1. The zero-order valence-electron chi connectivity index (χ0n) is 11.0. The summed E-state index contributed by atoms with van der Waals surface area (Å²) in [5, 5.41) is 0. The van der Waals surface area contributed by atoms with E-state index in [2.05, 4.69) is 39.8 Å². The van der Waals surface area contributed by atoms with Gasteiger partial charge in [0.15, 0.2) is 0 Å². The van der Waals surface area contributed by atoms with Crippen molar-refractivity contribution in [1.82, 2.24) is 0 Å². The summed E-state index contributed by atoms with van der Waals surface area (Å²) in [6.07, 6.45) is 8.97. The quantitative estimate of drug-likeness (QED) is 0.564. The summed E-state index contributed by atoms with van der Waals surface area (Å²) in [6.45, 7) is 8.76. The molecule has 0 aromatic rings. The molecule has 2 rings (SSSR count). The predicted octanol–water partition coefficient (Wildman–Crippen LogP) is 3.98. The SMILES string of the molecule is CC1C=CCC(C)C12CCCC(C)(C)C2=O. The molecule has 0 aliphatic heterocycles. The van der Waals surface area contributed by atoms with Gasteiger partial charge in [-0.15, -0.1) is 0 Å². The van der Waals surface area contributed by atoms with Gasteiger partial charge in [0, 0.05) is 10.8 Å². The first-order valence-electron chi connectivity index (χ1n) is 6.63. The van der Waals surface area contributed by atoms with Crippen LogP contribution in [0.4, 0.5) is 0 Å². The lowest BCUT2D eigenvalue weighted by Gasteiger charge is -2.51. The van der Waals surface area contributed by atoms with E-state index in [-0.39, 0.29) is 10.8 Å². The van der Waals surface area contributed by atoms with Gasteiger partial charge in [0.05, 0.1) is 0 Å². The Bertz CT molecular complexity index is 326. The van der Waals surface area contributed by atoms with E-state index in [9.17, 15) is 4.79 Å². The van der Waals surface area contributed by atoms with Crippen LogP contribution in [0.2, 0.25) is 0 Å². The van der Waals surface area contributed by atoms with E-state index in [0.29, 0.717) is 17.6 Å². The third-order valence-electron chi connectivity index (χ3n) is 5.04. The monoisotopic (exact) mass is 220 g/mol. The highest BCUT2D eigenvalue weighted by Crippen LogP contribution is 2.54. The van der Waals surface area contributed by atoms with E-state index < -0.39 is 0 Å². The largest absolute Gasteiger partial charge is 0.298 e. The molecule has 1 nitrogen and oxygen atoms in total. The Hall–Kier alpha value is -0.590. The summed E-state index contributed by atoms with van der Waals surface area (Å²) in [5.74, 6) is 1.46. The third-order valence-corrected chi connectivity index (χ3v) is 5.04. The molecule has 1 spiro atoms. The van der Waals surface area contributed by atoms with Crippen LogP contribution in [0.25, 0.3) is 0 Å². The number of rotatable bonds is 0. The minimum Gasteiger partial charge on any atom is -0.298 e. The lowest BCUT2D eigenvalue weighted by atomic mass is 9.51. The van der Waals surface area contributed by atoms with Crippen LogP contribution in [0, 0.1) is 22.7 Å². The molecule has 90 valence electrons. The first kappa shape index (κ1) is 11.9. The van der Waals surface area contributed by atoms with Gasteiger partial charge in [-0.3, -0.25) is 4.79 Å². The fourth-order valence-electron chi connectivity index (χ4n) is 3.90. The van der Waals surface area contributed by atoms with Crippen molar-refractivity contribution in [3.05, 3.63) is 12.2 Å². The van der Waals surface area contributed by atoms with E-state index >= 15 is 0 Å². The second-order valence-electron chi connectivity index (χ2n) is 6.46. The van der Waals surface area contributed by atoms with Gasteiger partial charge in [0.1, 0.15) is 5.78 Å². The predicted molar refractivity (Wildman–Crippen MR) is 67.2 cm³/mol. The fourth-order valence-corrected chi connectivity index (χ4v) is 3.90. The molecule has 0 radical (unpaired) electrons. The molecule has 2 aliphatic rings. The molecule has 0 heterocycles. The Morgan fingerprint density at radius 1 is 1.25 bits per heavy atom. The average Bonchev–Trinajstić information content (AvgIpc) is 2.20. The normalized spacial score (nSPS) is 42.6. The molecular weight excluding hydrogens is 196 g/mol. The van der Waals surface area contributed by atoms with Crippen molar-refractivity contribution >= 4 is 5.78 Å². The van der Waals surface area contributed by atoms with Crippen molar-refractivity contribution in [2.45, 2.75) is 53.4 Å². The molecule has 0 aromatic carbocycles. The molecule has 0 bridgehead atoms. The van der Waals surface area contributed by atoms with Crippen molar-refractivity contribution in [3.8, 4) is 0 Å². The van der Waals surface area contributed by atoms with Crippen LogP contribution in [0.5, 0.6) is 0 Å². The molecule has 16 heavy (non-hydrogen) atoms. The minimum atomic E-state index is -0.105. The molecule has 0 amide bonds. The number of Topliss-reactive ketones (excluding diaryl/α,β-unsaturated/α-hetero) is 1. The number of allylic oxidation sites excluding steroid dienone is 2. The first-order valence-corrected chi connectivity index (χ1v) is 6.63. The molecule has 1 heteroatoms. The second-order valence-corrected chi connectivity index (χ2v) is 6.46. The summed E-state index contributed by atoms with van der Waals surface area (Å²) in [6, 6.07) is 0. The third kappa shape index (κ3) is 1.48. The molecule has 1 saturated carbocycles. The van der Waals surface area contributed by atoms with Gasteiger partial charge in [-0.2, -0.15) is 0 Å². The number of hydrogen-bond donors (Lipinski definition) is 0. The first-order chi connectivity index (χ1) is 7.41. The highest BCUT2D eigenvalue weighted by atomic mass is 16.1. The molecule has 2 aliphatic carbocycles. The topological polar surface area (TPSA) is 17.1 Å². The molecule has 0 aromatic heterocycles. The highest BCUT2D eigenvalue weighted by molar-refractivity contribution is 5.91. The van der Waals surface area contributed by atoms with Gasteiger partial charge in [-0.1, -0.05) is 46.3 Å². The zero-order valence-corrected chi connectivity index (χ0v) is 11.0. The summed E-state index contributed by atoms with van der Waals surface area (Å²) < 4.78 is 0. The van der Waals surface area contributed by atoms with Crippen molar-refractivity contribution < 1.29 is 4.79 Å². The smallest absolute Gasteiger partial charge is 0.145 e. The van der Waals surface area contributed by atoms with Gasteiger partial charge in [0.2, 0.25) is 0 Å². The maximum atomic E-state index is 12.8. The van der Waals surface area contributed by atoms with E-state index in [1.54, 1.807) is 0 Å². The van der Waals surface area contributed by atoms with Crippen LogP contribution in [0.15, 0.2) is 12.2 Å². The zero-order chi connectivity index (χ0) is 12.0. The summed E-state index contributed by atoms with van der Waals surface area (Å²) >= 11 is 0. The van der Waals surface area contributed by atoms with Crippen LogP contribution in [0.3, 0.4) is 0 Å². The van der Waals surface area contributed by atoms with Crippen LogP contribution in [0.1, 0.15) is 53.4 Å². The van der Waals surface area contributed by atoms with Gasteiger partial charge >= 0.3 is 0 Å². The second kappa shape index (κ2) is 3.72. The molecule has 0 N–H and O–H groups in total. The van der Waals surface area contributed by atoms with E-state index in [4.69, 9.17) is 0 Å². The maximum absolute atomic E-state index is 12.8. The molecule has 3 atom stereocenters. The van der Waals surface area contributed by atoms with Gasteiger partial charge in [0.25, 0.3) is 0 Å².